The first-order valence-corrected chi connectivity index (χ1v) is 8.96. The van der Waals surface area contributed by atoms with Crippen LogP contribution < -0.4 is 10.6 Å². The second-order valence-electron chi connectivity index (χ2n) is 5.40. The second-order valence-corrected chi connectivity index (χ2v) is 6.18. The summed E-state index contributed by atoms with van der Waals surface area (Å²) in [6.45, 7) is -0.0600. The number of ether oxygens (including phenoxy) is 1. The van der Waals surface area contributed by atoms with Crippen LogP contribution in [0.25, 0.3) is 0 Å². The van der Waals surface area contributed by atoms with Crippen molar-refractivity contribution in [2.24, 2.45) is 0 Å². The van der Waals surface area contributed by atoms with Gasteiger partial charge in [0.1, 0.15) is 5.82 Å². The van der Waals surface area contributed by atoms with Gasteiger partial charge in [0, 0.05) is 36.0 Å². The Bertz CT molecular complexity index is 749. The van der Waals surface area contributed by atoms with Gasteiger partial charge in [0.05, 0.1) is 0 Å². The van der Waals surface area contributed by atoms with Crippen molar-refractivity contribution in [3.05, 3.63) is 58.0 Å². The summed E-state index contributed by atoms with van der Waals surface area (Å²) in [6.07, 6.45) is 0.496. The Morgan fingerprint density at radius 1 is 1.12 bits per heavy atom. The predicted octanol–water partition coefficient (Wildman–Crippen LogP) is 2.26. The van der Waals surface area contributed by atoms with E-state index in [0.717, 1.165) is 0 Å². The van der Waals surface area contributed by atoms with Gasteiger partial charge in [0.15, 0.2) is 6.61 Å². The lowest BCUT2D eigenvalue weighted by Gasteiger charge is -2.07. The van der Waals surface area contributed by atoms with Crippen molar-refractivity contribution in [2.45, 2.75) is 19.4 Å². The summed E-state index contributed by atoms with van der Waals surface area (Å²) in [7, 11) is 0. The first kappa shape index (κ1) is 19.6. The lowest BCUT2D eigenvalue weighted by molar-refractivity contribution is -0.148. The van der Waals surface area contributed by atoms with Gasteiger partial charge >= 0.3 is 5.97 Å². The predicted molar refractivity (Wildman–Crippen MR) is 95.1 cm³/mol. The topological polar surface area (TPSA) is 84.5 Å². The molecule has 2 rings (SSSR count). The largest absolute Gasteiger partial charge is 0.456 e. The number of benzene rings is 1. The molecule has 0 fully saturated rings. The molecule has 2 N–H and O–H groups in total. The highest BCUT2D eigenvalue weighted by atomic mass is 32.1. The van der Waals surface area contributed by atoms with Gasteiger partial charge in [-0.1, -0.05) is 18.2 Å². The van der Waals surface area contributed by atoms with E-state index in [1.54, 1.807) is 29.6 Å². The fourth-order valence-corrected chi connectivity index (χ4v) is 2.67. The molecule has 26 heavy (non-hydrogen) atoms. The van der Waals surface area contributed by atoms with Crippen molar-refractivity contribution in [1.29, 1.82) is 0 Å². The molecule has 138 valence electrons. The fourth-order valence-electron chi connectivity index (χ4n) is 2.04. The molecule has 1 aromatic heterocycles. The van der Waals surface area contributed by atoms with Gasteiger partial charge in [0.25, 0.3) is 11.8 Å². The Morgan fingerprint density at radius 3 is 2.65 bits per heavy atom. The maximum Gasteiger partial charge on any atom is 0.306 e. The van der Waals surface area contributed by atoms with E-state index in [9.17, 15) is 18.8 Å². The maximum absolute atomic E-state index is 13.4. The summed E-state index contributed by atoms with van der Waals surface area (Å²) >= 11 is 1.43. The number of rotatable bonds is 9. The molecule has 2 amide bonds. The number of esters is 1. The zero-order valence-electron chi connectivity index (χ0n) is 14.0. The van der Waals surface area contributed by atoms with Crippen LogP contribution >= 0.6 is 11.3 Å². The SMILES string of the molecule is O=C(COC(=O)CCCNC(=O)c1ccsc1)NCc1ccccc1F. The molecule has 2 aromatic rings. The molecular weight excluding hydrogens is 359 g/mol. The van der Waals surface area contributed by atoms with Crippen LogP contribution in [0.15, 0.2) is 41.1 Å². The van der Waals surface area contributed by atoms with Crippen LogP contribution in [0.4, 0.5) is 4.39 Å². The van der Waals surface area contributed by atoms with Crippen molar-refractivity contribution in [3.63, 3.8) is 0 Å². The highest BCUT2D eigenvalue weighted by molar-refractivity contribution is 7.08. The van der Waals surface area contributed by atoms with Gasteiger partial charge in [-0.05, 0) is 23.9 Å². The maximum atomic E-state index is 13.4. The molecule has 0 aliphatic carbocycles. The normalized spacial score (nSPS) is 10.2. The second kappa shape index (κ2) is 10.3. The van der Waals surface area contributed by atoms with Gasteiger partial charge in [-0.25, -0.2) is 4.39 Å². The van der Waals surface area contributed by atoms with E-state index in [2.05, 4.69) is 10.6 Å². The number of halogens is 1. The highest BCUT2D eigenvalue weighted by Gasteiger charge is 2.09. The van der Waals surface area contributed by atoms with Crippen LogP contribution in [-0.2, 0) is 20.9 Å². The molecule has 1 heterocycles. The lowest BCUT2D eigenvalue weighted by Crippen LogP contribution is -2.29. The number of nitrogens with one attached hydrogen (secondary N) is 2. The molecule has 0 aliphatic heterocycles. The minimum Gasteiger partial charge on any atom is -0.456 e. The molecule has 0 atom stereocenters. The van der Waals surface area contributed by atoms with E-state index in [1.165, 1.54) is 17.4 Å². The summed E-state index contributed by atoms with van der Waals surface area (Å²) in [6, 6.07) is 7.81. The highest BCUT2D eigenvalue weighted by Crippen LogP contribution is 2.06. The molecule has 6 nitrogen and oxygen atoms in total. The van der Waals surface area contributed by atoms with E-state index >= 15 is 0 Å². The molecule has 0 saturated heterocycles. The third-order valence-corrected chi connectivity index (χ3v) is 4.11. The van der Waals surface area contributed by atoms with E-state index in [0.29, 0.717) is 24.1 Å². The van der Waals surface area contributed by atoms with Crippen LogP contribution in [0.1, 0.15) is 28.8 Å². The summed E-state index contributed by atoms with van der Waals surface area (Å²) in [5.74, 6) is -1.63. The van der Waals surface area contributed by atoms with Crippen molar-refractivity contribution in [1.82, 2.24) is 10.6 Å². The monoisotopic (exact) mass is 378 g/mol. The van der Waals surface area contributed by atoms with Crippen LogP contribution in [0.3, 0.4) is 0 Å². The number of carbonyl (C=O) groups excluding carboxylic acids is 3. The summed E-state index contributed by atoms with van der Waals surface area (Å²) < 4.78 is 18.3. The third kappa shape index (κ3) is 6.64. The standard InChI is InChI=1S/C18H19FN2O4S/c19-15-5-2-1-4-13(15)10-21-16(22)11-25-17(23)6-3-8-20-18(24)14-7-9-26-12-14/h1-2,4-5,7,9,12H,3,6,8,10-11H2,(H,20,24)(H,21,22). The summed E-state index contributed by atoms with van der Waals surface area (Å²) in [5.41, 5.74) is 0.942. The Hall–Kier alpha value is -2.74. The molecule has 0 bridgehead atoms. The van der Waals surface area contributed by atoms with Crippen molar-refractivity contribution in [3.8, 4) is 0 Å². The Morgan fingerprint density at radius 2 is 1.92 bits per heavy atom. The fraction of sp³-hybridized carbons (Fsp3) is 0.278. The number of thiophene rings is 1. The zero-order chi connectivity index (χ0) is 18.8. The van der Waals surface area contributed by atoms with Crippen LogP contribution in [0, 0.1) is 5.82 Å². The third-order valence-electron chi connectivity index (χ3n) is 3.42. The number of hydrogen-bond acceptors (Lipinski definition) is 5. The van der Waals surface area contributed by atoms with Gasteiger partial charge in [-0.15, -0.1) is 0 Å². The first-order valence-electron chi connectivity index (χ1n) is 8.02. The minimum atomic E-state index is -0.532. The molecule has 8 heteroatoms. The van der Waals surface area contributed by atoms with Crippen molar-refractivity contribution < 1.29 is 23.5 Å². The Balaban J connectivity index is 1.56. The average Bonchev–Trinajstić information content (AvgIpc) is 3.17. The number of hydrogen-bond donors (Lipinski definition) is 2. The average molecular weight is 378 g/mol. The Labute approximate surface area is 154 Å². The smallest absolute Gasteiger partial charge is 0.306 e. The van der Waals surface area contributed by atoms with Crippen LogP contribution in [0.5, 0.6) is 0 Å². The first-order chi connectivity index (χ1) is 12.6. The van der Waals surface area contributed by atoms with E-state index < -0.39 is 24.3 Å². The summed E-state index contributed by atoms with van der Waals surface area (Å²) in [5, 5.41) is 8.72. The number of carbonyl (C=O) groups is 3. The Kier molecular flexibility index (Phi) is 7.75. The quantitative estimate of drug-likeness (QED) is 0.518. The van der Waals surface area contributed by atoms with Crippen molar-refractivity contribution >= 4 is 29.1 Å². The van der Waals surface area contributed by atoms with E-state index in [4.69, 9.17) is 4.74 Å². The van der Waals surface area contributed by atoms with E-state index in [-0.39, 0.29) is 18.9 Å². The molecule has 1 aromatic carbocycles. The molecule has 0 saturated carbocycles. The van der Waals surface area contributed by atoms with Crippen molar-refractivity contribution in [2.75, 3.05) is 13.2 Å². The van der Waals surface area contributed by atoms with Gasteiger partial charge in [-0.3, -0.25) is 14.4 Å². The molecule has 0 spiro atoms. The molecule has 0 radical (unpaired) electrons. The van der Waals surface area contributed by atoms with E-state index in [1.807, 2.05) is 5.38 Å². The molecule has 0 aliphatic rings. The van der Waals surface area contributed by atoms with Gasteiger partial charge in [0.2, 0.25) is 0 Å². The van der Waals surface area contributed by atoms with Crippen LogP contribution in [-0.4, -0.2) is 30.9 Å². The lowest BCUT2D eigenvalue weighted by atomic mass is 10.2. The minimum absolute atomic E-state index is 0.0255. The van der Waals surface area contributed by atoms with Gasteiger partial charge in [-0.2, -0.15) is 11.3 Å². The molecular formula is C18H19FN2O4S. The van der Waals surface area contributed by atoms with Gasteiger partial charge < -0.3 is 15.4 Å². The summed E-state index contributed by atoms with van der Waals surface area (Å²) in [4.78, 5) is 34.9. The number of amides is 2. The zero-order valence-corrected chi connectivity index (χ0v) is 14.8. The molecule has 0 unspecified atom stereocenters. The van der Waals surface area contributed by atoms with Crippen LogP contribution in [0.2, 0.25) is 0 Å².